The normalized spacial score (nSPS) is 13.1. The molecule has 9 heteroatoms. The Kier molecular flexibility index (Phi) is 6.81. The van der Waals surface area contributed by atoms with Crippen LogP contribution in [0.1, 0.15) is 37.0 Å². The molecule has 29 heavy (non-hydrogen) atoms. The lowest BCUT2D eigenvalue weighted by atomic mass is 10.1. The monoisotopic (exact) mass is 418 g/mol. The largest absolute Gasteiger partial charge is 0.416 e. The van der Waals surface area contributed by atoms with Crippen LogP contribution < -0.4 is 5.32 Å². The molecule has 0 aromatic heterocycles. The van der Waals surface area contributed by atoms with Crippen LogP contribution in [0, 0.1) is 0 Å². The second-order valence-electron chi connectivity index (χ2n) is 6.59. The van der Waals surface area contributed by atoms with Gasteiger partial charge in [0.25, 0.3) is 0 Å². The SMILES string of the molecule is CCC(C)N(Cc1ccc(C(F)(F)F)cc1)C(=O)Nc1ccc(C(F)(F)F)cc1. The number of nitrogens with zero attached hydrogens (tertiary/aromatic N) is 1. The van der Waals surface area contributed by atoms with Crippen molar-refractivity contribution in [3.05, 3.63) is 65.2 Å². The van der Waals surface area contributed by atoms with Crippen LogP contribution in [0.15, 0.2) is 48.5 Å². The molecule has 1 unspecified atom stereocenters. The van der Waals surface area contributed by atoms with Gasteiger partial charge in [-0.2, -0.15) is 26.3 Å². The molecule has 1 atom stereocenters. The van der Waals surface area contributed by atoms with Crippen molar-refractivity contribution in [2.75, 3.05) is 5.32 Å². The number of urea groups is 1. The zero-order valence-corrected chi connectivity index (χ0v) is 15.7. The van der Waals surface area contributed by atoms with Crippen molar-refractivity contribution >= 4 is 11.7 Å². The van der Waals surface area contributed by atoms with Gasteiger partial charge in [0.05, 0.1) is 11.1 Å². The first-order valence-electron chi connectivity index (χ1n) is 8.83. The van der Waals surface area contributed by atoms with E-state index in [9.17, 15) is 31.1 Å². The fourth-order valence-electron chi connectivity index (χ4n) is 2.58. The molecule has 2 amide bonds. The van der Waals surface area contributed by atoms with E-state index in [1.165, 1.54) is 17.0 Å². The summed E-state index contributed by atoms with van der Waals surface area (Å²) in [6.45, 7) is 3.67. The van der Waals surface area contributed by atoms with E-state index in [1.807, 2.05) is 6.92 Å². The summed E-state index contributed by atoms with van der Waals surface area (Å²) in [5.41, 5.74) is -0.936. The Hall–Kier alpha value is -2.71. The molecular weight excluding hydrogens is 398 g/mol. The van der Waals surface area contributed by atoms with Crippen LogP contribution in [0.4, 0.5) is 36.8 Å². The van der Waals surface area contributed by atoms with Crippen LogP contribution in [0.2, 0.25) is 0 Å². The van der Waals surface area contributed by atoms with Gasteiger partial charge in [-0.05, 0) is 55.3 Å². The van der Waals surface area contributed by atoms with Crippen molar-refractivity contribution in [3.8, 4) is 0 Å². The van der Waals surface area contributed by atoms with Gasteiger partial charge in [-0.15, -0.1) is 0 Å². The molecule has 0 aliphatic heterocycles. The van der Waals surface area contributed by atoms with Crippen molar-refractivity contribution in [2.45, 2.75) is 45.2 Å². The maximum absolute atomic E-state index is 12.7. The Morgan fingerprint density at radius 3 is 1.76 bits per heavy atom. The molecule has 0 saturated heterocycles. The second-order valence-corrected chi connectivity index (χ2v) is 6.59. The fourth-order valence-corrected chi connectivity index (χ4v) is 2.58. The van der Waals surface area contributed by atoms with Gasteiger partial charge in [0.1, 0.15) is 0 Å². The van der Waals surface area contributed by atoms with Crippen molar-refractivity contribution in [1.29, 1.82) is 0 Å². The van der Waals surface area contributed by atoms with Crippen LogP contribution in [-0.2, 0) is 18.9 Å². The lowest BCUT2D eigenvalue weighted by Crippen LogP contribution is -2.40. The second kappa shape index (κ2) is 8.75. The number of rotatable bonds is 5. The van der Waals surface area contributed by atoms with E-state index >= 15 is 0 Å². The summed E-state index contributed by atoms with van der Waals surface area (Å²) in [6, 6.07) is 7.69. The average molecular weight is 418 g/mol. The van der Waals surface area contributed by atoms with Gasteiger partial charge < -0.3 is 10.2 Å². The molecular formula is C20H20F6N2O. The Labute approximate surface area is 164 Å². The first kappa shape index (κ1) is 22.6. The molecule has 0 radical (unpaired) electrons. The minimum Gasteiger partial charge on any atom is -0.318 e. The van der Waals surface area contributed by atoms with Gasteiger partial charge >= 0.3 is 18.4 Å². The number of carbonyl (C=O) groups excluding carboxylic acids is 1. The molecule has 2 rings (SSSR count). The number of anilines is 1. The maximum atomic E-state index is 12.7. The van der Waals surface area contributed by atoms with E-state index in [0.717, 1.165) is 36.4 Å². The standard InChI is InChI=1S/C20H20F6N2O/c1-3-13(2)28(12-14-4-6-15(7-5-14)19(21,22)23)18(29)27-17-10-8-16(9-11-17)20(24,25)26/h4-11,13H,3,12H2,1-2H3,(H,27,29). The number of hydrogen-bond donors (Lipinski definition) is 1. The van der Waals surface area contributed by atoms with Gasteiger partial charge in [0.15, 0.2) is 0 Å². The van der Waals surface area contributed by atoms with E-state index < -0.39 is 29.5 Å². The molecule has 2 aromatic rings. The van der Waals surface area contributed by atoms with Crippen LogP contribution in [-0.4, -0.2) is 17.0 Å². The van der Waals surface area contributed by atoms with Crippen molar-refractivity contribution < 1.29 is 31.1 Å². The van der Waals surface area contributed by atoms with E-state index in [0.29, 0.717) is 12.0 Å². The Morgan fingerprint density at radius 2 is 1.34 bits per heavy atom. The molecule has 3 nitrogen and oxygen atoms in total. The molecule has 0 fully saturated rings. The molecule has 2 aromatic carbocycles. The molecule has 0 spiro atoms. The molecule has 0 heterocycles. The molecule has 0 bridgehead atoms. The van der Waals surface area contributed by atoms with Gasteiger partial charge in [-0.1, -0.05) is 19.1 Å². The zero-order valence-electron chi connectivity index (χ0n) is 15.7. The number of nitrogens with one attached hydrogen (secondary N) is 1. The molecule has 158 valence electrons. The molecule has 0 aliphatic carbocycles. The number of amides is 2. The third-order valence-electron chi connectivity index (χ3n) is 4.48. The summed E-state index contributed by atoms with van der Waals surface area (Å²) in [4.78, 5) is 14.1. The third-order valence-corrected chi connectivity index (χ3v) is 4.48. The third kappa shape index (κ3) is 6.13. The molecule has 0 aliphatic rings. The van der Waals surface area contributed by atoms with Gasteiger partial charge in [-0.3, -0.25) is 0 Å². The van der Waals surface area contributed by atoms with Crippen molar-refractivity contribution in [2.24, 2.45) is 0 Å². The number of hydrogen-bond acceptors (Lipinski definition) is 1. The summed E-state index contributed by atoms with van der Waals surface area (Å²) in [7, 11) is 0. The quantitative estimate of drug-likeness (QED) is 0.548. The van der Waals surface area contributed by atoms with Crippen LogP contribution in [0.5, 0.6) is 0 Å². The van der Waals surface area contributed by atoms with Gasteiger partial charge in [0.2, 0.25) is 0 Å². The highest BCUT2D eigenvalue weighted by molar-refractivity contribution is 5.89. The highest BCUT2D eigenvalue weighted by atomic mass is 19.4. The maximum Gasteiger partial charge on any atom is 0.416 e. The first-order valence-corrected chi connectivity index (χ1v) is 8.83. The van der Waals surface area contributed by atoms with E-state index in [1.54, 1.807) is 6.92 Å². The van der Waals surface area contributed by atoms with Crippen molar-refractivity contribution in [1.82, 2.24) is 4.90 Å². The van der Waals surface area contributed by atoms with Crippen LogP contribution in [0.25, 0.3) is 0 Å². The number of benzene rings is 2. The Morgan fingerprint density at radius 1 is 0.897 bits per heavy atom. The summed E-state index contributed by atoms with van der Waals surface area (Å²) in [6.07, 6.45) is -8.34. The minimum absolute atomic E-state index is 0.0552. The summed E-state index contributed by atoms with van der Waals surface area (Å²) in [5, 5.41) is 2.53. The topological polar surface area (TPSA) is 32.3 Å². The van der Waals surface area contributed by atoms with E-state index in [4.69, 9.17) is 0 Å². The average Bonchev–Trinajstić information content (AvgIpc) is 2.64. The zero-order chi connectivity index (χ0) is 21.8. The van der Waals surface area contributed by atoms with Gasteiger partial charge in [-0.25, -0.2) is 4.79 Å². The first-order chi connectivity index (χ1) is 13.4. The predicted molar refractivity (Wildman–Crippen MR) is 97.2 cm³/mol. The summed E-state index contributed by atoms with van der Waals surface area (Å²) in [5.74, 6) is 0. The van der Waals surface area contributed by atoms with E-state index in [2.05, 4.69) is 5.32 Å². The highest BCUT2D eigenvalue weighted by Crippen LogP contribution is 2.30. The van der Waals surface area contributed by atoms with E-state index in [-0.39, 0.29) is 18.3 Å². The highest BCUT2D eigenvalue weighted by Gasteiger charge is 2.31. The molecule has 0 saturated carbocycles. The molecule has 1 N–H and O–H groups in total. The summed E-state index contributed by atoms with van der Waals surface area (Å²) >= 11 is 0. The minimum atomic E-state index is -4.48. The van der Waals surface area contributed by atoms with Crippen LogP contribution in [0.3, 0.4) is 0 Å². The Bertz CT molecular complexity index is 813. The number of carbonyl (C=O) groups is 1. The Balaban J connectivity index is 2.14. The number of halogens is 6. The lowest BCUT2D eigenvalue weighted by molar-refractivity contribution is -0.138. The number of alkyl halides is 6. The van der Waals surface area contributed by atoms with Crippen molar-refractivity contribution in [3.63, 3.8) is 0 Å². The predicted octanol–water partition coefficient (Wildman–Crippen LogP) is 6.56. The fraction of sp³-hybridized carbons (Fsp3) is 0.350. The van der Waals surface area contributed by atoms with Crippen LogP contribution >= 0.6 is 0 Å². The smallest absolute Gasteiger partial charge is 0.318 e. The lowest BCUT2D eigenvalue weighted by Gasteiger charge is -2.29. The van der Waals surface area contributed by atoms with Gasteiger partial charge in [0, 0.05) is 18.3 Å². The summed E-state index contributed by atoms with van der Waals surface area (Å²) < 4.78 is 76.0.